The van der Waals surface area contributed by atoms with Gasteiger partial charge < -0.3 is 19.4 Å². The van der Waals surface area contributed by atoms with Crippen LogP contribution in [0, 0.1) is 11.7 Å². The Morgan fingerprint density at radius 2 is 2.00 bits per heavy atom. The van der Waals surface area contributed by atoms with Gasteiger partial charge in [0, 0.05) is 19.0 Å². The fraction of sp³-hybridized carbons (Fsp3) is 0.333. The zero-order valence-electron chi connectivity index (χ0n) is 19.6. The van der Waals surface area contributed by atoms with Crippen molar-refractivity contribution < 1.29 is 23.1 Å². The number of carbonyl (C=O) groups excluding carboxylic acids is 2. The van der Waals surface area contributed by atoms with Crippen molar-refractivity contribution in [1.82, 2.24) is 10.2 Å². The maximum Gasteiger partial charge on any atom is 0.286 e. The molecule has 6 nitrogen and oxygen atoms in total. The molecular weight excluding hydrogens is 435 g/mol. The quantitative estimate of drug-likeness (QED) is 0.541. The molecule has 1 aliphatic heterocycles. The fourth-order valence-corrected chi connectivity index (χ4v) is 4.27. The van der Waals surface area contributed by atoms with Crippen LogP contribution in [0.1, 0.15) is 59.8 Å². The van der Waals surface area contributed by atoms with Crippen LogP contribution in [-0.4, -0.2) is 29.8 Å². The van der Waals surface area contributed by atoms with E-state index in [1.165, 1.54) is 12.1 Å². The number of nitrogens with one attached hydrogen (secondary N) is 1. The molecule has 0 aliphatic carbocycles. The highest BCUT2D eigenvalue weighted by Gasteiger charge is 2.33. The van der Waals surface area contributed by atoms with Crippen molar-refractivity contribution in [2.75, 3.05) is 13.1 Å². The van der Waals surface area contributed by atoms with Crippen LogP contribution in [0.3, 0.4) is 0 Å². The molecular formula is C27H29FN2O4. The van der Waals surface area contributed by atoms with Crippen LogP contribution in [0.5, 0.6) is 5.75 Å². The van der Waals surface area contributed by atoms with Crippen molar-refractivity contribution in [3.63, 3.8) is 0 Å². The molecule has 34 heavy (non-hydrogen) atoms. The Morgan fingerprint density at radius 1 is 1.18 bits per heavy atom. The third-order valence-corrected chi connectivity index (χ3v) is 5.89. The Balaban J connectivity index is 1.61. The minimum Gasteiger partial charge on any atom is -0.486 e. The fourth-order valence-electron chi connectivity index (χ4n) is 4.27. The molecule has 4 rings (SSSR count). The van der Waals surface area contributed by atoms with E-state index in [2.05, 4.69) is 5.32 Å². The van der Waals surface area contributed by atoms with Crippen LogP contribution in [0.2, 0.25) is 0 Å². The predicted molar refractivity (Wildman–Crippen MR) is 126 cm³/mol. The maximum absolute atomic E-state index is 14.1. The lowest BCUT2D eigenvalue weighted by molar-refractivity contribution is -0.136. The Hall–Kier alpha value is -3.61. The second-order valence-electron chi connectivity index (χ2n) is 8.67. The number of halogens is 1. The largest absolute Gasteiger partial charge is 0.486 e. The molecule has 2 aromatic carbocycles. The zero-order valence-corrected chi connectivity index (χ0v) is 19.6. The zero-order chi connectivity index (χ0) is 24.2. The average Bonchev–Trinajstić information content (AvgIpc) is 3.31. The molecule has 2 heterocycles. The molecule has 178 valence electrons. The summed E-state index contributed by atoms with van der Waals surface area (Å²) in [4.78, 5) is 26.8. The standard InChI is InChI=1S/C27H29FN2O4/c1-4-29-26(31)24-11-10-22(34-24)16-33-21-9-8-18-12-13-30(27(32)17(2)3)25(23(18)15-21)19-6-5-7-20(28)14-19/h5-11,14-15,17,25H,4,12-13,16H2,1-3H3,(H,29,31)/t25-/m1/s1. The first kappa shape index (κ1) is 23.5. The highest BCUT2D eigenvalue weighted by Crippen LogP contribution is 2.38. The minimum atomic E-state index is -0.397. The predicted octanol–water partition coefficient (Wildman–Crippen LogP) is 4.88. The third-order valence-electron chi connectivity index (χ3n) is 5.89. The molecule has 0 bridgehead atoms. The van der Waals surface area contributed by atoms with Gasteiger partial charge in [-0.2, -0.15) is 0 Å². The minimum absolute atomic E-state index is 0.0275. The van der Waals surface area contributed by atoms with Gasteiger partial charge in [0.15, 0.2) is 5.76 Å². The van der Waals surface area contributed by atoms with E-state index in [1.807, 2.05) is 49.9 Å². The molecule has 0 spiro atoms. The lowest BCUT2D eigenvalue weighted by atomic mass is 9.87. The highest BCUT2D eigenvalue weighted by atomic mass is 19.1. The van der Waals surface area contributed by atoms with E-state index in [4.69, 9.17) is 9.15 Å². The molecule has 0 unspecified atom stereocenters. The van der Waals surface area contributed by atoms with Gasteiger partial charge in [-0.05, 0) is 66.4 Å². The summed E-state index contributed by atoms with van der Waals surface area (Å²) in [5.74, 6) is 0.618. The SMILES string of the molecule is CCNC(=O)c1ccc(COc2ccc3c(c2)[C@@H](c2cccc(F)c2)N(C(=O)C(C)C)CC3)o1. The van der Waals surface area contributed by atoms with Gasteiger partial charge in [0.05, 0.1) is 6.04 Å². The van der Waals surface area contributed by atoms with Crippen molar-refractivity contribution in [1.29, 1.82) is 0 Å². The topological polar surface area (TPSA) is 71.8 Å². The van der Waals surface area contributed by atoms with Crippen molar-refractivity contribution in [2.24, 2.45) is 5.92 Å². The van der Waals surface area contributed by atoms with Crippen molar-refractivity contribution in [3.05, 3.63) is 88.6 Å². The number of nitrogens with zero attached hydrogens (tertiary/aromatic N) is 1. The van der Waals surface area contributed by atoms with Gasteiger partial charge in [-0.1, -0.05) is 32.0 Å². The first-order valence-electron chi connectivity index (χ1n) is 11.6. The van der Waals surface area contributed by atoms with E-state index in [0.717, 1.165) is 16.7 Å². The van der Waals surface area contributed by atoms with E-state index in [0.29, 0.717) is 31.0 Å². The molecule has 7 heteroatoms. The Bertz CT molecular complexity index is 1190. The number of hydrogen-bond acceptors (Lipinski definition) is 4. The molecule has 0 saturated carbocycles. The summed E-state index contributed by atoms with van der Waals surface area (Å²) in [6, 6.07) is 15.1. The van der Waals surface area contributed by atoms with Crippen molar-refractivity contribution in [2.45, 2.75) is 39.8 Å². The summed E-state index contributed by atoms with van der Waals surface area (Å²) in [6.45, 7) is 6.83. The summed E-state index contributed by atoms with van der Waals surface area (Å²) in [5, 5.41) is 2.70. The molecule has 1 aromatic heterocycles. The number of fused-ring (bicyclic) bond motifs is 1. The van der Waals surface area contributed by atoms with E-state index in [-0.39, 0.29) is 35.9 Å². The number of hydrogen-bond donors (Lipinski definition) is 1. The summed E-state index contributed by atoms with van der Waals surface area (Å²) in [6.07, 6.45) is 0.716. The number of amides is 2. The molecule has 0 saturated heterocycles. The van der Waals surface area contributed by atoms with Crippen LogP contribution in [-0.2, 0) is 17.8 Å². The van der Waals surface area contributed by atoms with Crippen LogP contribution < -0.4 is 10.1 Å². The second kappa shape index (κ2) is 10.1. The molecule has 2 amide bonds. The highest BCUT2D eigenvalue weighted by molar-refractivity contribution is 5.91. The number of ether oxygens (including phenoxy) is 1. The first-order valence-corrected chi connectivity index (χ1v) is 11.6. The number of benzene rings is 2. The number of carbonyl (C=O) groups is 2. The summed E-state index contributed by atoms with van der Waals surface area (Å²) in [5.41, 5.74) is 2.75. The number of furan rings is 1. The molecule has 0 radical (unpaired) electrons. The van der Waals surface area contributed by atoms with Crippen molar-refractivity contribution in [3.8, 4) is 5.75 Å². The van der Waals surface area contributed by atoms with E-state index >= 15 is 0 Å². The lowest BCUT2D eigenvalue weighted by Gasteiger charge is -2.39. The van der Waals surface area contributed by atoms with Crippen molar-refractivity contribution >= 4 is 11.8 Å². The van der Waals surface area contributed by atoms with Gasteiger partial charge in [0.25, 0.3) is 5.91 Å². The molecule has 1 N–H and O–H groups in total. The smallest absolute Gasteiger partial charge is 0.286 e. The average molecular weight is 465 g/mol. The van der Waals surface area contributed by atoms with Crippen LogP contribution in [0.25, 0.3) is 0 Å². The molecule has 1 atom stereocenters. The molecule has 1 aliphatic rings. The monoisotopic (exact) mass is 464 g/mol. The van der Waals surface area contributed by atoms with Crippen LogP contribution >= 0.6 is 0 Å². The Kier molecular flexibility index (Phi) is 7.01. The maximum atomic E-state index is 14.1. The normalized spacial score (nSPS) is 15.2. The first-order chi connectivity index (χ1) is 16.4. The lowest BCUT2D eigenvalue weighted by Crippen LogP contribution is -2.42. The van der Waals surface area contributed by atoms with Gasteiger partial charge in [-0.3, -0.25) is 9.59 Å². The molecule has 3 aromatic rings. The second-order valence-corrected chi connectivity index (χ2v) is 8.67. The van der Waals surface area contributed by atoms with Gasteiger partial charge in [0.1, 0.15) is 23.9 Å². The number of rotatable bonds is 7. The van der Waals surface area contributed by atoms with Gasteiger partial charge >= 0.3 is 0 Å². The van der Waals surface area contributed by atoms with Gasteiger partial charge in [0.2, 0.25) is 5.91 Å². The van der Waals surface area contributed by atoms with E-state index < -0.39 is 6.04 Å². The van der Waals surface area contributed by atoms with E-state index in [1.54, 1.807) is 18.2 Å². The van der Waals surface area contributed by atoms with E-state index in [9.17, 15) is 14.0 Å². The Morgan fingerprint density at radius 3 is 2.74 bits per heavy atom. The van der Waals surface area contributed by atoms with Gasteiger partial charge in [-0.15, -0.1) is 0 Å². The van der Waals surface area contributed by atoms with Crippen LogP contribution in [0.15, 0.2) is 59.0 Å². The van der Waals surface area contributed by atoms with Crippen LogP contribution in [0.4, 0.5) is 4.39 Å². The molecule has 0 fully saturated rings. The Labute approximate surface area is 198 Å². The summed E-state index contributed by atoms with van der Waals surface area (Å²) in [7, 11) is 0. The third kappa shape index (κ3) is 4.98. The summed E-state index contributed by atoms with van der Waals surface area (Å²) >= 11 is 0. The summed E-state index contributed by atoms with van der Waals surface area (Å²) < 4.78 is 25.7. The van der Waals surface area contributed by atoms with Gasteiger partial charge in [-0.25, -0.2) is 4.39 Å².